The molecular formula is C15H18N4O. The minimum Gasteiger partial charge on any atom is -0.297 e. The summed E-state index contributed by atoms with van der Waals surface area (Å²) >= 11 is 0. The highest BCUT2D eigenvalue weighted by molar-refractivity contribution is 5.76. The van der Waals surface area contributed by atoms with Crippen LogP contribution in [0.15, 0.2) is 35.4 Å². The molecule has 5 heteroatoms. The third-order valence-corrected chi connectivity index (χ3v) is 3.36. The van der Waals surface area contributed by atoms with Crippen molar-refractivity contribution in [3.8, 4) is 6.07 Å². The molecule has 1 aromatic heterocycles. The lowest BCUT2D eigenvalue weighted by Crippen LogP contribution is -2.36. The number of rotatable bonds is 5. The zero-order chi connectivity index (χ0) is 14.5. The first-order valence-corrected chi connectivity index (χ1v) is 6.68. The number of hydrogen-bond acceptors (Lipinski definition) is 4. The summed E-state index contributed by atoms with van der Waals surface area (Å²) in [6, 6.07) is 9.75. The summed E-state index contributed by atoms with van der Waals surface area (Å²) in [5.41, 5.74) is 0.683. The third kappa shape index (κ3) is 3.03. The van der Waals surface area contributed by atoms with Crippen molar-refractivity contribution >= 4 is 10.9 Å². The van der Waals surface area contributed by atoms with Gasteiger partial charge < -0.3 is 0 Å². The molecule has 0 aliphatic carbocycles. The van der Waals surface area contributed by atoms with Crippen LogP contribution >= 0.6 is 0 Å². The van der Waals surface area contributed by atoms with E-state index in [2.05, 4.69) is 11.1 Å². The smallest absolute Gasteiger partial charge is 0.261 e. The molecule has 0 radical (unpaired) electrons. The molecule has 5 nitrogen and oxygen atoms in total. The maximum Gasteiger partial charge on any atom is 0.261 e. The predicted molar refractivity (Wildman–Crippen MR) is 78.3 cm³/mol. The Balaban J connectivity index is 2.20. The van der Waals surface area contributed by atoms with Gasteiger partial charge in [-0.3, -0.25) is 14.3 Å². The van der Waals surface area contributed by atoms with Crippen molar-refractivity contribution in [3.05, 3.63) is 40.9 Å². The standard InChI is InChI=1S/C15H18N4O/c1-12(2)18(8-7-16)9-10-19-11-17-14-6-4-3-5-13(14)15(19)20/h3-6,11-12H,8-10H2,1-2H3. The molecule has 20 heavy (non-hydrogen) atoms. The molecule has 1 heterocycles. The minimum absolute atomic E-state index is 0.0312. The van der Waals surface area contributed by atoms with E-state index < -0.39 is 0 Å². The molecule has 1 aromatic carbocycles. The molecule has 0 saturated carbocycles. The van der Waals surface area contributed by atoms with E-state index >= 15 is 0 Å². The zero-order valence-electron chi connectivity index (χ0n) is 11.8. The first-order valence-electron chi connectivity index (χ1n) is 6.68. The van der Waals surface area contributed by atoms with E-state index in [9.17, 15) is 4.79 Å². The Hall–Kier alpha value is -2.19. The first kappa shape index (κ1) is 14.2. The fourth-order valence-electron chi connectivity index (χ4n) is 2.11. The van der Waals surface area contributed by atoms with Gasteiger partial charge in [0.05, 0.1) is 29.8 Å². The quantitative estimate of drug-likeness (QED) is 0.775. The lowest BCUT2D eigenvalue weighted by Gasteiger charge is -2.23. The van der Waals surface area contributed by atoms with Crippen molar-refractivity contribution in [2.24, 2.45) is 0 Å². The van der Waals surface area contributed by atoms with E-state index in [0.29, 0.717) is 30.5 Å². The number of fused-ring (bicyclic) bond motifs is 1. The lowest BCUT2D eigenvalue weighted by atomic mass is 10.2. The fourth-order valence-corrected chi connectivity index (χ4v) is 2.11. The molecule has 0 spiro atoms. The van der Waals surface area contributed by atoms with Gasteiger partial charge in [0.15, 0.2) is 0 Å². The zero-order valence-corrected chi connectivity index (χ0v) is 11.8. The van der Waals surface area contributed by atoms with Crippen LogP contribution in [0.1, 0.15) is 13.8 Å². The monoisotopic (exact) mass is 270 g/mol. The topological polar surface area (TPSA) is 61.9 Å². The van der Waals surface area contributed by atoms with Gasteiger partial charge in [0.2, 0.25) is 0 Å². The molecule has 104 valence electrons. The number of nitrogens with zero attached hydrogens (tertiary/aromatic N) is 4. The molecule has 2 aromatic rings. The van der Waals surface area contributed by atoms with Gasteiger partial charge in [0.1, 0.15) is 0 Å². The van der Waals surface area contributed by atoms with E-state index in [0.717, 1.165) is 0 Å². The number of para-hydroxylation sites is 1. The van der Waals surface area contributed by atoms with Crippen LogP contribution < -0.4 is 5.56 Å². The van der Waals surface area contributed by atoms with Crippen LogP contribution in [-0.4, -0.2) is 33.6 Å². The van der Waals surface area contributed by atoms with Crippen molar-refractivity contribution < 1.29 is 0 Å². The van der Waals surface area contributed by atoms with Crippen LogP contribution in [0, 0.1) is 11.3 Å². The summed E-state index contributed by atoms with van der Waals surface area (Å²) in [5.74, 6) is 0. The highest BCUT2D eigenvalue weighted by atomic mass is 16.1. The maximum atomic E-state index is 12.3. The van der Waals surface area contributed by atoms with Gasteiger partial charge >= 0.3 is 0 Å². The van der Waals surface area contributed by atoms with Gasteiger partial charge in [-0.15, -0.1) is 0 Å². The Kier molecular flexibility index (Phi) is 4.49. The Labute approximate surface area is 118 Å². The second-order valence-corrected chi connectivity index (χ2v) is 4.98. The van der Waals surface area contributed by atoms with Gasteiger partial charge in [0, 0.05) is 19.1 Å². The van der Waals surface area contributed by atoms with Crippen LogP contribution in [0.4, 0.5) is 0 Å². The summed E-state index contributed by atoms with van der Waals surface area (Å²) in [4.78, 5) is 18.6. The Morgan fingerprint density at radius 1 is 1.40 bits per heavy atom. The lowest BCUT2D eigenvalue weighted by molar-refractivity contribution is 0.238. The highest BCUT2D eigenvalue weighted by Crippen LogP contribution is 2.05. The molecule has 0 fully saturated rings. The van der Waals surface area contributed by atoms with Gasteiger partial charge in [-0.1, -0.05) is 12.1 Å². The first-order chi connectivity index (χ1) is 9.63. The Morgan fingerprint density at radius 3 is 2.85 bits per heavy atom. The van der Waals surface area contributed by atoms with E-state index in [1.165, 1.54) is 0 Å². The highest BCUT2D eigenvalue weighted by Gasteiger charge is 2.10. The number of nitriles is 1. The average Bonchev–Trinajstić information content (AvgIpc) is 2.45. The molecule has 0 aliphatic rings. The SMILES string of the molecule is CC(C)N(CC#N)CCn1cnc2ccccc2c1=O. The number of hydrogen-bond donors (Lipinski definition) is 0. The molecule has 0 atom stereocenters. The van der Waals surface area contributed by atoms with Crippen molar-refractivity contribution in [2.75, 3.05) is 13.1 Å². The summed E-state index contributed by atoms with van der Waals surface area (Å²) in [7, 11) is 0. The van der Waals surface area contributed by atoms with E-state index in [4.69, 9.17) is 5.26 Å². The molecule has 0 aliphatic heterocycles. The molecule has 0 N–H and O–H groups in total. The van der Waals surface area contributed by atoms with Crippen molar-refractivity contribution in [1.82, 2.24) is 14.5 Å². The Bertz CT molecular complexity index is 684. The van der Waals surface area contributed by atoms with Gasteiger partial charge in [0.25, 0.3) is 5.56 Å². The third-order valence-electron chi connectivity index (χ3n) is 3.36. The molecule has 0 amide bonds. The normalized spacial score (nSPS) is 11.2. The van der Waals surface area contributed by atoms with Crippen LogP contribution in [0.3, 0.4) is 0 Å². The second-order valence-electron chi connectivity index (χ2n) is 4.98. The average molecular weight is 270 g/mol. The van der Waals surface area contributed by atoms with Gasteiger partial charge in [-0.2, -0.15) is 5.26 Å². The Morgan fingerprint density at radius 2 is 2.15 bits per heavy atom. The molecule has 0 saturated heterocycles. The van der Waals surface area contributed by atoms with Crippen molar-refractivity contribution in [1.29, 1.82) is 5.26 Å². The fraction of sp³-hybridized carbons (Fsp3) is 0.400. The number of aromatic nitrogens is 2. The van der Waals surface area contributed by atoms with Gasteiger partial charge in [-0.25, -0.2) is 4.98 Å². The van der Waals surface area contributed by atoms with Crippen LogP contribution in [0.2, 0.25) is 0 Å². The van der Waals surface area contributed by atoms with Crippen LogP contribution in [0.5, 0.6) is 0 Å². The molecule has 2 rings (SSSR count). The maximum absolute atomic E-state index is 12.3. The second kappa shape index (κ2) is 6.31. The molecular weight excluding hydrogens is 252 g/mol. The van der Waals surface area contributed by atoms with Crippen LogP contribution in [-0.2, 0) is 6.54 Å². The largest absolute Gasteiger partial charge is 0.297 e. The van der Waals surface area contributed by atoms with E-state index in [1.54, 1.807) is 17.0 Å². The van der Waals surface area contributed by atoms with E-state index in [-0.39, 0.29) is 11.6 Å². The molecule has 0 unspecified atom stereocenters. The van der Waals surface area contributed by atoms with E-state index in [1.807, 2.05) is 36.9 Å². The molecule has 0 bridgehead atoms. The summed E-state index contributed by atoms with van der Waals surface area (Å²) in [6.07, 6.45) is 1.58. The minimum atomic E-state index is -0.0312. The number of benzene rings is 1. The van der Waals surface area contributed by atoms with Crippen molar-refractivity contribution in [3.63, 3.8) is 0 Å². The van der Waals surface area contributed by atoms with Crippen LogP contribution in [0.25, 0.3) is 10.9 Å². The summed E-state index contributed by atoms with van der Waals surface area (Å²) in [5, 5.41) is 9.44. The van der Waals surface area contributed by atoms with Crippen molar-refractivity contribution in [2.45, 2.75) is 26.4 Å². The summed E-state index contributed by atoms with van der Waals surface area (Å²) < 4.78 is 1.61. The van der Waals surface area contributed by atoms with Gasteiger partial charge in [-0.05, 0) is 26.0 Å². The summed E-state index contributed by atoms with van der Waals surface area (Å²) in [6.45, 7) is 5.65. The predicted octanol–water partition coefficient (Wildman–Crippen LogP) is 1.63.